The molecule has 0 unspecified atom stereocenters. The molecule has 72 heavy (non-hydrogen) atoms. The Bertz CT molecular complexity index is 5070. The molecule has 0 aliphatic rings. The summed E-state index contributed by atoms with van der Waals surface area (Å²) in [5.41, 5.74) is 6.21. The van der Waals surface area contributed by atoms with Gasteiger partial charge < -0.3 is 0 Å². The van der Waals surface area contributed by atoms with Gasteiger partial charge >= 0.3 is 0 Å². The lowest BCUT2D eigenvalue weighted by Crippen LogP contribution is -1.89. The topological polar surface area (TPSA) is 0 Å². The van der Waals surface area contributed by atoms with Crippen LogP contribution in [-0.4, -0.2) is 0 Å². The molecule has 16 aromatic carbocycles. The van der Waals surface area contributed by atoms with Crippen LogP contribution in [0.4, 0.5) is 0 Å². The van der Waals surface area contributed by atoms with Crippen molar-refractivity contribution in [1.29, 1.82) is 0 Å². The smallest absolute Gasteiger partial charge is 0.0616 e. The summed E-state index contributed by atoms with van der Waals surface area (Å²) in [6.07, 6.45) is 0. The molecule has 16 rings (SSSR count). The third kappa shape index (κ3) is 5.81. The second-order valence-corrected chi connectivity index (χ2v) is 19.3. The molecule has 0 nitrogen and oxygen atoms in total. The molecule has 0 heterocycles. The third-order valence-electron chi connectivity index (χ3n) is 15.4. The normalized spacial score (nSPS) is 13.3. The molecule has 0 bridgehead atoms. The molecule has 0 fully saturated rings. The van der Waals surface area contributed by atoms with Gasteiger partial charge in [0.2, 0.25) is 0 Å². The first kappa shape index (κ1) is 34.0. The molecule has 0 aromatic heterocycles. The maximum atomic E-state index is 9.96. The fourth-order valence-corrected chi connectivity index (χ4v) is 12.1. The van der Waals surface area contributed by atoms with Crippen LogP contribution in [0.1, 0.15) is 8.22 Å². The summed E-state index contributed by atoms with van der Waals surface area (Å²) in [5, 5.41) is 21.7. The van der Waals surface area contributed by atoms with Gasteiger partial charge in [0.1, 0.15) is 0 Å². The quantitative estimate of drug-likeness (QED) is 0.122. The van der Waals surface area contributed by atoms with E-state index >= 15 is 0 Å². The van der Waals surface area contributed by atoms with Crippen LogP contribution in [-0.2, 0) is 0 Å². The molecule has 0 amide bonds. The Morgan fingerprint density at radius 2 is 0.403 bits per heavy atom. The highest BCUT2D eigenvalue weighted by Gasteiger charge is 2.17. The largest absolute Gasteiger partial charge is 0.0636 e. The highest BCUT2D eigenvalue weighted by atomic mass is 14.2. The van der Waals surface area contributed by atoms with Gasteiger partial charge in [0.05, 0.1) is 8.22 Å². The van der Waals surface area contributed by atoms with Crippen molar-refractivity contribution in [3.63, 3.8) is 0 Å². The Labute approximate surface area is 423 Å². The van der Waals surface area contributed by atoms with Crippen molar-refractivity contribution in [2.75, 3.05) is 0 Å². The lowest BCUT2D eigenvalue weighted by molar-refractivity contribution is 1.70. The number of fused-ring (bicyclic) bond motifs is 16. The predicted molar refractivity (Wildman–Crippen MR) is 313 cm³/mol. The van der Waals surface area contributed by atoms with Gasteiger partial charge in [-0.25, -0.2) is 0 Å². The zero-order valence-electron chi connectivity index (χ0n) is 44.8. The maximum Gasteiger partial charge on any atom is 0.0636 e. The zero-order chi connectivity index (χ0) is 52.2. The molecule has 16 aromatic rings. The lowest BCUT2D eigenvalue weighted by Gasteiger charge is -2.16. The molecule has 0 saturated heterocycles. The van der Waals surface area contributed by atoms with Gasteiger partial charge in [0.15, 0.2) is 0 Å². The van der Waals surface area contributed by atoms with Crippen molar-refractivity contribution in [2.45, 2.75) is 0 Å². The molecule has 0 saturated carbocycles. The van der Waals surface area contributed by atoms with Gasteiger partial charge in [-0.15, -0.1) is 0 Å². The predicted octanol–water partition coefficient (Wildman–Crippen LogP) is 20.5. The standard InChI is InChI=1S/C72H42/c1-3-13-45-37-67-49(35-43(45)11-1)27-31-65-55(21-9-23-59(65)67)57-17-5-15-47-39-71-51(41-69(47)57)29-33-63-53(19-7-25-61(63)71)54-20-8-26-62-64(54)34-30-52-42-70-48(40-72(52)62)16-6-18-58(70)56-22-10-24-60-66(56)32-28-50-36-44-12-2-4-14-46(44)38-68(50)60/h1-42H/i35D,36D,37D,38D,39D,40D. The summed E-state index contributed by atoms with van der Waals surface area (Å²) in [5.74, 6) is 0. The molecular weight excluding hydrogens is 865 g/mol. The summed E-state index contributed by atoms with van der Waals surface area (Å²) < 4.78 is 56.8. The van der Waals surface area contributed by atoms with Crippen molar-refractivity contribution >= 4 is 129 Å². The second-order valence-electron chi connectivity index (χ2n) is 19.3. The summed E-state index contributed by atoms with van der Waals surface area (Å²) in [6, 6.07) is 77.3. The van der Waals surface area contributed by atoms with E-state index in [2.05, 4.69) is 133 Å². The fraction of sp³-hybridized carbons (Fsp3) is 0. The Morgan fingerprint density at radius 1 is 0.153 bits per heavy atom. The van der Waals surface area contributed by atoms with E-state index in [4.69, 9.17) is 2.74 Å². The average Bonchev–Trinajstić information content (AvgIpc) is 3.65. The summed E-state index contributed by atoms with van der Waals surface area (Å²) in [4.78, 5) is 0. The molecule has 0 N–H and O–H groups in total. The molecule has 0 aliphatic heterocycles. The van der Waals surface area contributed by atoms with Crippen molar-refractivity contribution in [3.05, 3.63) is 255 Å². The Balaban J connectivity index is 0.836. The van der Waals surface area contributed by atoms with E-state index < -0.39 is 0 Å². The Kier molecular flexibility index (Phi) is 7.12. The molecule has 0 spiro atoms. The fourth-order valence-electron chi connectivity index (χ4n) is 12.1. The summed E-state index contributed by atoms with van der Waals surface area (Å²) in [6.45, 7) is 0. The highest BCUT2D eigenvalue weighted by molar-refractivity contribution is 6.23. The van der Waals surface area contributed by atoms with E-state index in [1.54, 1.807) is 0 Å². The first-order valence-corrected chi connectivity index (χ1v) is 24.7. The van der Waals surface area contributed by atoms with Crippen LogP contribution in [0.5, 0.6) is 0 Å². The van der Waals surface area contributed by atoms with Crippen LogP contribution in [0.2, 0.25) is 0 Å². The van der Waals surface area contributed by atoms with E-state index in [0.29, 0.717) is 36.3 Å². The van der Waals surface area contributed by atoms with Crippen molar-refractivity contribution in [2.24, 2.45) is 0 Å². The molecule has 0 aliphatic carbocycles. The van der Waals surface area contributed by atoms with Crippen LogP contribution >= 0.6 is 0 Å². The Hall–Kier alpha value is -9.36. The molecule has 330 valence electrons. The second kappa shape index (κ2) is 15.1. The third-order valence-corrected chi connectivity index (χ3v) is 15.4. The lowest BCUT2D eigenvalue weighted by atomic mass is 9.87. The minimum atomic E-state index is 0.432. The first-order chi connectivity index (χ1) is 38.2. The van der Waals surface area contributed by atoms with Gasteiger partial charge in [-0.3, -0.25) is 0 Å². The number of hydrogen-bond donors (Lipinski definition) is 0. The van der Waals surface area contributed by atoms with Crippen LogP contribution in [0.25, 0.3) is 163 Å². The SMILES string of the molecule is [2H]c1c2ccccc2c([2H])c2c1ccc1c(-c3cccc4c([2H])c5c(ccc6c(-c7cccc8c7ccc7cc9c(-c%10cccc%11c%10ccc%10c([2H])c%12ccccc%12c([2H])c%10%11)cccc9c([2H])c78)cccc65)cc34)cccc12. The van der Waals surface area contributed by atoms with E-state index in [0.717, 1.165) is 163 Å². The average molecular weight is 913 g/mol. The van der Waals surface area contributed by atoms with Crippen LogP contribution in [0, 0.1) is 0 Å². The van der Waals surface area contributed by atoms with Crippen LogP contribution in [0.3, 0.4) is 0 Å². The molecular formula is C72H42. The molecule has 0 atom stereocenters. The monoisotopic (exact) mass is 912 g/mol. The first-order valence-electron chi connectivity index (χ1n) is 27.7. The van der Waals surface area contributed by atoms with Crippen molar-refractivity contribution in [3.8, 4) is 33.4 Å². The number of benzene rings is 16. The summed E-state index contributed by atoms with van der Waals surface area (Å²) >= 11 is 0. The van der Waals surface area contributed by atoms with Gasteiger partial charge in [-0.1, -0.05) is 206 Å². The van der Waals surface area contributed by atoms with E-state index in [9.17, 15) is 5.48 Å². The van der Waals surface area contributed by atoms with Gasteiger partial charge in [0, 0.05) is 0 Å². The minimum Gasteiger partial charge on any atom is -0.0616 e. The molecule has 0 heteroatoms. The van der Waals surface area contributed by atoms with Gasteiger partial charge in [-0.2, -0.15) is 0 Å². The van der Waals surface area contributed by atoms with Gasteiger partial charge in [0.25, 0.3) is 0 Å². The summed E-state index contributed by atoms with van der Waals surface area (Å²) in [7, 11) is 0. The van der Waals surface area contributed by atoms with Crippen molar-refractivity contribution < 1.29 is 8.22 Å². The van der Waals surface area contributed by atoms with Crippen molar-refractivity contribution in [1.82, 2.24) is 0 Å². The maximum absolute atomic E-state index is 9.96. The minimum absolute atomic E-state index is 0.432. The highest BCUT2D eigenvalue weighted by Crippen LogP contribution is 2.44. The van der Waals surface area contributed by atoms with E-state index in [1.807, 2.05) is 84.9 Å². The van der Waals surface area contributed by atoms with Crippen LogP contribution < -0.4 is 0 Å². The van der Waals surface area contributed by atoms with Gasteiger partial charge in [-0.05, 0) is 211 Å². The van der Waals surface area contributed by atoms with E-state index in [-0.39, 0.29) is 0 Å². The number of hydrogen-bond acceptors (Lipinski definition) is 0. The molecule has 0 radical (unpaired) electrons. The van der Waals surface area contributed by atoms with Crippen LogP contribution in [0.15, 0.2) is 255 Å². The number of rotatable bonds is 3. The Morgan fingerprint density at radius 3 is 0.764 bits per heavy atom. The zero-order valence-corrected chi connectivity index (χ0v) is 38.8. The van der Waals surface area contributed by atoms with E-state index in [1.165, 1.54) is 0 Å².